The molecule has 1 saturated heterocycles. The summed E-state index contributed by atoms with van der Waals surface area (Å²) in [6, 6.07) is 1.20. The molecule has 2 aliphatic rings. The maximum atomic E-state index is 11.8. The van der Waals surface area contributed by atoms with Crippen LogP contribution in [0.3, 0.4) is 0 Å². The molecule has 1 N–H and O–H groups in total. The number of rotatable bonds is 4. The van der Waals surface area contributed by atoms with Crippen LogP contribution in [0.4, 0.5) is 0 Å². The van der Waals surface area contributed by atoms with Gasteiger partial charge in [0.15, 0.2) is 0 Å². The Bertz CT molecular complexity index is 272. The summed E-state index contributed by atoms with van der Waals surface area (Å²) in [5.74, 6) is 0.696. The Morgan fingerprint density at radius 3 is 2.61 bits per heavy atom. The average Bonchev–Trinajstić information content (AvgIpc) is 2.77. The van der Waals surface area contributed by atoms with Crippen LogP contribution in [-0.4, -0.2) is 36.0 Å². The van der Waals surface area contributed by atoms with Crippen molar-refractivity contribution in [3.8, 4) is 0 Å². The minimum absolute atomic E-state index is 0.237. The summed E-state index contributed by atoms with van der Waals surface area (Å²) in [6.45, 7) is 6.46. The van der Waals surface area contributed by atoms with E-state index in [9.17, 15) is 4.79 Å². The SMILES string of the molecule is CC(C)CC(=O)NC1CCN(C2CCCCC2)C1. The van der Waals surface area contributed by atoms with Crippen LogP contribution in [0.2, 0.25) is 0 Å². The number of carbonyl (C=O) groups is 1. The Hall–Kier alpha value is -0.570. The Morgan fingerprint density at radius 2 is 1.94 bits per heavy atom. The van der Waals surface area contributed by atoms with E-state index in [0.717, 1.165) is 19.0 Å². The highest BCUT2D eigenvalue weighted by Crippen LogP contribution is 2.25. The summed E-state index contributed by atoms with van der Waals surface area (Å²) >= 11 is 0. The first-order chi connectivity index (χ1) is 8.65. The zero-order valence-corrected chi connectivity index (χ0v) is 12.0. The smallest absolute Gasteiger partial charge is 0.220 e. The predicted octanol–water partition coefficient (Wildman–Crippen LogP) is 2.56. The fourth-order valence-electron chi connectivity index (χ4n) is 3.34. The van der Waals surface area contributed by atoms with E-state index in [2.05, 4.69) is 24.1 Å². The summed E-state index contributed by atoms with van der Waals surface area (Å²) in [6.07, 6.45) is 8.75. The lowest BCUT2D eigenvalue weighted by Crippen LogP contribution is -2.40. The van der Waals surface area contributed by atoms with Gasteiger partial charge in [-0.25, -0.2) is 0 Å². The fourth-order valence-corrected chi connectivity index (χ4v) is 3.34. The van der Waals surface area contributed by atoms with E-state index in [1.54, 1.807) is 0 Å². The molecule has 0 aromatic carbocycles. The number of likely N-dealkylation sites (tertiary alicyclic amines) is 1. The normalized spacial score (nSPS) is 26.7. The van der Waals surface area contributed by atoms with Gasteiger partial charge in [0.1, 0.15) is 0 Å². The van der Waals surface area contributed by atoms with Crippen LogP contribution in [0.1, 0.15) is 58.8 Å². The molecule has 1 saturated carbocycles. The largest absolute Gasteiger partial charge is 0.352 e. The third kappa shape index (κ3) is 3.98. The van der Waals surface area contributed by atoms with Crippen LogP contribution in [0, 0.1) is 5.92 Å². The van der Waals surface area contributed by atoms with Crippen LogP contribution in [-0.2, 0) is 4.79 Å². The van der Waals surface area contributed by atoms with E-state index >= 15 is 0 Å². The monoisotopic (exact) mass is 252 g/mol. The summed E-state index contributed by atoms with van der Waals surface area (Å²) in [7, 11) is 0. The third-order valence-corrected chi connectivity index (χ3v) is 4.27. The van der Waals surface area contributed by atoms with Gasteiger partial charge in [-0.15, -0.1) is 0 Å². The topological polar surface area (TPSA) is 32.3 Å². The number of nitrogens with one attached hydrogen (secondary N) is 1. The van der Waals surface area contributed by atoms with Gasteiger partial charge in [-0.2, -0.15) is 0 Å². The van der Waals surface area contributed by atoms with Gasteiger partial charge in [0.05, 0.1) is 0 Å². The lowest BCUT2D eigenvalue weighted by molar-refractivity contribution is -0.122. The molecule has 1 amide bonds. The Labute approximate surface area is 111 Å². The highest BCUT2D eigenvalue weighted by molar-refractivity contribution is 5.76. The molecule has 2 fully saturated rings. The molecule has 0 radical (unpaired) electrons. The minimum Gasteiger partial charge on any atom is -0.352 e. The van der Waals surface area contributed by atoms with Crippen molar-refractivity contribution < 1.29 is 4.79 Å². The summed E-state index contributed by atoms with van der Waals surface area (Å²) in [5.41, 5.74) is 0. The maximum Gasteiger partial charge on any atom is 0.220 e. The molecule has 1 atom stereocenters. The van der Waals surface area contributed by atoms with E-state index in [1.165, 1.54) is 38.6 Å². The summed E-state index contributed by atoms with van der Waals surface area (Å²) in [5, 5.41) is 3.20. The van der Waals surface area contributed by atoms with Crippen molar-refractivity contribution in [1.82, 2.24) is 10.2 Å². The molecule has 0 aromatic heterocycles. The van der Waals surface area contributed by atoms with Gasteiger partial charge in [0.2, 0.25) is 5.91 Å². The van der Waals surface area contributed by atoms with Crippen molar-refractivity contribution in [2.24, 2.45) is 5.92 Å². The van der Waals surface area contributed by atoms with Crippen molar-refractivity contribution >= 4 is 5.91 Å². The third-order valence-electron chi connectivity index (χ3n) is 4.27. The van der Waals surface area contributed by atoms with Crippen molar-refractivity contribution in [3.63, 3.8) is 0 Å². The maximum absolute atomic E-state index is 11.8. The number of hydrogen-bond donors (Lipinski definition) is 1. The molecule has 104 valence electrons. The van der Waals surface area contributed by atoms with Crippen molar-refractivity contribution in [2.75, 3.05) is 13.1 Å². The molecule has 1 aliphatic carbocycles. The first kappa shape index (κ1) is 13.9. The van der Waals surface area contributed by atoms with Gasteiger partial charge in [0, 0.05) is 31.6 Å². The average molecular weight is 252 g/mol. The van der Waals surface area contributed by atoms with E-state index in [0.29, 0.717) is 18.4 Å². The molecule has 1 unspecified atom stereocenters. The molecular formula is C15H28N2O. The molecule has 0 bridgehead atoms. The first-order valence-corrected chi connectivity index (χ1v) is 7.68. The molecule has 18 heavy (non-hydrogen) atoms. The lowest BCUT2D eigenvalue weighted by Gasteiger charge is -2.31. The molecule has 2 rings (SSSR count). The Balaban J connectivity index is 1.72. The Kier molecular flexibility index (Phi) is 5.04. The van der Waals surface area contributed by atoms with Crippen LogP contribution in [0.5, 0.6) is 0 Å². The van der Waals surface area contributed by atoms with Crippen LogP contribution >= 0.6 is 0 Å². The number of nitrogens with zero attached hydrogens (tertiary/aromatic N) is 1. The number of amides is 1. The molecule has 1 aliphatic heterocycles. The van der Waals surface area contributed by atoms with Gasteiger partial charge in [-0.1, -0.05) is 33.1 Å². The predicted molar refractivity (Wildman–Crippen MR) is 74.4 cm³/mol. The molecular weight excluding hydrogens is 224 g/mol. The number of carbonyl (C=O) groups excluding carboxylic acids is 1. The Morgan fingerprint density at radius 1 is 1.22 bits per heavy atom. The molecule has 3 nitrogen and oxygen atoms in total. The molecule has 1 heterocycles. The zero-order chi connectivity index (χ0) is 13.0. The van der Waals surface area contributed by atoms with Crippen LogP contribution in [0.15, 0.2) is 0 Å². The molecule has 0 spiro atoms. The van der Waals surface area contributed by atoms with E-state index in [1.807, 2.05) is 0 Å². The van der Waals surface area contributed by atoms with Crippen molar-refractivity contribution in [2.45, 2.75) is 70.9 Å². The van der Waals surface area contributed by atoms with Gasteiger partial charge < -0.3 is 5.32 Å². The van der Waals surface area contributed by atoms with Gasteiger partial charge in [-0.3, -0.25) is 9.69 Å². The van der Waals surface area contributed by atoms with Gasteiger partial charge in [0.25, 0.3) is 0 Å². The fraction of sp³-hybridized carbons (Fsp3) is 0.933. The summed E-state index contributed by atoms with van der Waals surface area (Å²) < 4.78 is 0. The second-order valence-electron chi connectivity index (χ2n) is 6.44. The van der Waals surface area contributed by atoms with Gasteiger partial charge in [-0.05, 0) is 25.2 Å². The minimum atomic E-state index is 0.237. The highest BCUT2D eigenvalue weighted by Gasteiger charge is 2.29. The van der Waals surface area contributed by atoms with Crippen LogP contribution in [0.25, 0.3) is 0 Å². The quantitative estimate of drug-likeness (QED) is 0.834. The highest BCUT2D eigenvalue weighted by atomic mass is 16.1. The second kappa shape index (κ2) is 6.55. The number of hydrogen-bond acceptors (Lipinski definition) is 2. The van der Waals surface area contributed by atoms with E-state index in [-0.39, 0.29) is 5.91 Å². The lowest BCUT2D eigenvalue weighted by atomic mass is 9.94. The second-order valence-corrected chi connectivity index (χ2v) is 6.44. The van der Waals surface area contributed by atoms with Crippen molar-refractivity contribution in [3.05, 3.63) is 0 Å². The van der Waals surface area contributed by atoms with Gasteiger partial charge >= 0.3 is 0 Å². The van der Waals surface area contributed by atoms with Crippen LogP contribution < -0.4 is 5.32 Å². The zero-order valence-electron chi connectivity index (χ0n) is 12.0. The standard InChI is InChI=1S/C15H28N2O/c1-12(2)10-15(18)16-13-8-9-17(11-13)14-6-4-3-5-7-14/h12-14H,3-11H2,1-2H3,(H,16,18). The first-order valence-electron chi connectivity index (χ1n) is 7.68. The molecule has 0 aromatic rings. The summed E-state index contributed by atoms with van der Waals surface area (Å²) in [4.78, 5) is 14.4. The van der Waals surface area contributed by atoms with Crippen molar-refractivity contribution in [1.29, 1.82) is 0 Å². The van der Waals surface area contributed by atoms with E-state index in [4.69, 9.17) is 0 Å². The van der Waals surface area contributed by atoms with E-state index < -0.39 is 0 Å². The molecule has 3 heteroatoms.